The number of likely N-dealkylation sites (tertiary alicyclic amines) is 1. The van der Waals surface area contributed by atoms with Crippen molar-refractivity contribution >= 4 is 15.7 Å². The van der Waals surface area contributed by atoms with Gasteiger partial charge in [0, 0.05) is 13.1 Å². The van der Waals surface area contributed by atoms with Crippen LogP contribution < -0.4 is 5.32 Å². The molecule has 21 heavy (non-hydrogen) atoms. The van der Waals surface area contributed by atoms with E-state index in [4.69, 9.17) is 0 Å². The summed E-state index contributed by atoms with van der Waals surface area (Å²) >= 11 is 0. The van der Waals surface area contributed by atoms with E-state index in [0.717, 1.165) is 32.5 Å². The molecule has 0 saturated carbocycles. The molecule has 0 aromatic rings. The molecule has 2 saturated heterocycles. The normalized spacial score (nSPS) is 28.6. The first-order chi connectivity index (χ1) is 9.95. The van der Waals surface area contributed by atoms with Crippen molar-refractivity contribution < 1.29 is 13.2 Å². The molecule has 0 bridgehead atoms. The number of rotatable bonds is 4. The molecule has 0 aliphatic carbocycles. The predicted molar refractivity (Wildman–Crippen MR) is 82.9 cm³/mol. The molecule has 0 spiro atoms. The van der Waals surface area contributed by atoms with Crippen LogP contribution >= 0.6 is 0 Å². The molecule has 2 aliphatic rings. The number of carbonyl (C=O) groups is 1. The first-order valence-electron chi connectivity index (χ1n) is 7.84. The van der Waals surface area contributed by atoms with Gasteiger partial charge in [-0.2, -0.15) is 0 Å². The molecular weight excluding hydrogens is 290 g/mol. The molecule has 1 amide bonds. The van der Waals surface area contributed by atoms with Gasteiger partial charge in [0.2, 0.25) is 5.91 Å². The van der Waals surface area contributed by atoms with Gasteiger partial charge in [-0.3, -0.25) is 4.79 Å². The summed E-state index contributed by atoms with van der Waals surface area (Å²) in [7, 11) is -1.48. The zero-order valence-electron chi connectivity index (χ0n) is 13.0. The van der Waals surface area contributed by atoms with Crippen molar-refractivity contribution in [1.82, 2.24) is 15.1 Å². The number of sulfone groups is 1. The first kappa shape index (κ1) is 16.7. The smallest absolute Gasteiger partial charge is 0.240 e. The van der Waals surface area contributed by atoms with E-state index >= 15 is 0 Å². The van der Waals surface area contributed by atoms with Crippen LogP contribution in [0, 0.1) is 5.92 Å². The summed E-state index contributed by atoms with van der Waals surface area (Å²) in [5.41, 5.74) is 0. The fourth-order valence-electron chi connectivity index (χ4n) is 3.17. The van der Waals surface area contributed by atoms with E-state index in [1.165, 1.54) is 0 Å². The Hall–Kier alpha value is -0.660. The third-order valence-corrected chi connectivity index (χ3v) is 6.33. The number of nitrogens with zero attached hydrogens (tertiary/aromatic N) is 2. The van der Waals surface area contributed by atoms with Crippen LogP contribution in [0.1, 0.15) is 19.8 Å². The standard InChI is InChI=1S/C14H27N3O3S/c1-3-16-6-4-12(5-7-16)10-17-8-9-21(19,20)11-13(15-2)14(17)18/h12-13,15H,3-11H2,1-2H3. The minimum Gasteiger partial charge on any atom is -0.340 e. The molecule has 1 unspecified atom stereocenters. The Morgan fingerprint density at radius 1 is 1.24 bits per heavy atom. The maximum absolute atomic E-state index is 12.4. The summed E-state index contributed by atoms with van der Waals surface area (Å²) in [4.78, 5) is 16.6. The lowest BCUT2D eigenvalue weighted by molar-refractivity contribution is -0.133. The molecule has 2 heterocycles. The van der Waals surface area contributed by atoms with E-state index in [0.29, 0.717) is 19.0 Å². The van der Waals surface area contributed by atoms with Gasteiger partial charge in [0.15, 0.2) is 9.84 Å². The van der Waals surface area contributed by atoms with Gasteiger partial charge < -0.3 is 15.1 Å². The highest BCUT2D eigenvalue weighted by Crippen LogP contribution is 2.19. The molecule has 2 rings (SSSR count). The summed E-state index contributed by atoms with van der Waals surface area (Å²) in [6.45, 7) is 6.45. The van der Waals surface area contributed by atoms with Crippen molar-refractivity contribution in [3.05, 3.63) is 0 Å². The van der Waals surface area contributed by atoms with Gasteiger partial charge >= 0.3 is 0 Å². The minimum absolute atomic E-state index is 0.0588. The molecule has 6 nitrogen and oxygen atoms in total. The topological polar surface area (TPSA) is 69.7 Å². The summed E-state index contributed by atoms with van der Waals surface area (Å²) in [6, 6.07) is -0.590. The van der Waals surface area contributed by atoms with Gasteiger partial charge in [0.25, 0.3) is 0 Å². The van der Waals surface area contributed by atoms with Crippen LogP contribution in [0.25, 0.3) is 0 Å². The number of nitrogens with one attached hydrogen (secondary N) is 1. The Labute approximate surface area is 127 Å². The second kappa shape index (κ2) is 7.07. The molecule has 122 valence electrons. The third kappa shape index (κ3) is 4.40. The van der Waals surface area contributed by atoms with Crippen molar-refractivity contribution in [1.29, 1.82) is 0 Å². The van der Waals surface area contributed by atoms with E-state index < -0.39 is 15.9 Å². The Morgan fingerprint density at radius 3 is 2.48 bits per heavy atom. The van der Waals surface area contributed by atoms with Gasteiger partial charge in [-0.05, 0) is 45.4 Å². The Balaban J connectivity index is 1.97. The summed E-state index contributed by atoms with van der Waals surface area (Å²) in [6.07, 6.45) is 2.18. The monoisotopic (exact) mass is 317 g/mol. The van der Waals surface area contributed by atoms with Gasteiger partial charge in [0.1, 0.15) is 6.04 Å². The van der Waals surface area contributed by atoms with Crippen LogP contribution in [0.4, 0.5) is 0 Å². The molecule has 0 aromatic heterocycles. The molecule has 1 atom stereocenters. The summed E-state index contributed by atoms with van der Waals surface area (Å²) in [5.74, 6) is 0.448. The average molecular weight is 317 g/mol. The molecule has 0 aromatic carbocycles. The molecule has 2 aliphatic heterocycles. The van der Waals surface area contributed by atoms with Crippen LogP contribution in [0.3, 0.4) is 0 Å². The van der Waals surface area contributed by atoms with Gasteiger partial charge in [-0.1, -0.05) is 6.92 Å². The third-order valence-electron chi connectivity index (χ3n) is 4.68. The number of likely N-dealkylation sites (N-methyl/N-ethyl adjacent to an activating group) is 1. The zero-order valence-corrected chi connectivity index (χ0v) is 13.9. The zero-order chi connectivity index (χ0) is 15.5. The second-order valence-corrected chi connectivity index (χ2v) is 8.35. The number of piperidine rings is 1. The molecular formula is C14H27N3O3S. The number of amides is 1. The van der Waals surface area contributed by atoms with E-state index in [1.807, 2.05) is 0 Å². The SMILES string of the molecule is CCN1CCC(CN2CCS(=O)(=O)CC(NC)C2=O)CC1. The lowest BCUT2D eigenvalue weighted by atomic mass is 9.96. The van der Waals surface area contributed by atoms with Crippen LogP contribution in [0.2, 0.25) is 0 Å². The van der Waals surface area contributed by atoms with Crippen LogP contribution in [0.5, 0.6) is 0 Å². The molecule has 7 heteroatoms. The average Bonchev–Trinajstić information content (AvgIpc) is 2.58. The predicted octanol–water partition coefficient (Wildman–Crippen LogP) is -0.437. The summed E-state index contributed by atoms with van der Waals surface area (Å²) in [5, 5.41) is 2.85. The van der Waals surface area contributed by atoms with Crippen molar-refractivity contribution in [3.8, 4) is 0 Å². The lowest BCUT2D eigenvalue weighted by Gasteiger charge is -2.34. The summed E-state index contributed by atoms with van der Waals surface area (Å²) < 4.78 is 23.8. The van der Waals surface area contributed by atoms with E-state index in [9.17, 15) is 13.2 Å². The second-order valence-electron chi connectivity index (χ2n) is 6.12. The fraction of sp³-hybridized carbons (Fsp3) is 0.929. The maximum Gasteiger partial charge on any atom is 0.240 e. The van der Waals surface area contributed by atoms with E-state index in [-0.39, 0.29) is 17.4 Å². The Bertz CT molecular complexity index is 458. The first-order valence-corrected chi connectivity index (χ1v) is 9.66. The van der Waals surface area contributed by atoms with Crippen molar-refractivity contribution in [2.75, 3.05) is 51.3 Å². The highest BCUT2D eigenvalue weighted by Gasteiger charge is 2.34. The number of carbonyl (C=O) groups excluding carboxylic acids is 1. The molecule has 0 radical (unpaired) electrons. The maximum atomic E-state index is 12.4. The quantitative estimate of drug-likeness (QED) is 0.761. The highest BCUT2D eigenvalue weighted by atomic mass is 32.2. The van der Waals surface area contributed by atoms with Crippen LogP contribution in [0.15, 0.2) is 0 Å². The highest BCUT2D eigenvalue weighted by molar-refractivity contribution is 7.91. The Morgan fingerprint density at radius 2 is 1.90 bits per heavy atom. The van der Waals surface area contributed by atoms with E-state index in [2.05, 4.69) is 17.1 Å². The van der Waals surface area contributed by atoms with Gasteiger partial charge in [-0.25, -0.2) is 8.42 Å². The number of hydrogen-bond acceptors (Lipinski definition) is 5. The van der Waals surface area contributed by atoms with Crippen molar-refractivity contribution in [2.24, 2.45) is 5.92 Å². The van der Waals surface area contributed by atoms with E-state index in [1.54, 1.807) is 11.9 Å². The fourth-order valence-corrected chi connectivity index (χ4v) is 4.66. The Kier molecular flexibility index (Phi) is 5.62. The van der Waals surface area contributed by atoms with Crippen molar-refractivity contribution in [3.63, 3.8) is 0 Å². The number of hydrogen-bond donors (Lipinski definition) is 1. The lowest BCUT2D eigenvalue weighted by Crippen LogP contribution is -2.48. The minimum atomic E-state index is -3.13. The van der Waals surface area contributed by atoms with Crippen molar-refractivity contribution in [2.45, 2.75) is 25.8 Å². The van der Waals surface area contributed by atoms with Crippen LogP contribution in [-0.2, 0) is 14.6 Å². The molecule has 1 N–H and O–H groups in total. The molecule has 2 fully saturated rings. The van der Waals surface area contributed by atoms with Crippen LogP contribution in [-0.4, -0.2) is 81.4 Å². The largest absolute Gasteiger partial charge is 0.340 e. The van der Waals surface area contributed by atoms with Gasteiger partial charge in [0.05, 0.1) is 11.5 Å². The van der Waals surface area contributed by atoms with Gasteiger partial charge in [-0.15, -0.1) is 0 Å².